The van der Waals surface area contributed by atoms with Crippen molar-refractivity contribution in [2.75, 3.05) is 18.5 Å². The molecule has 1 unspecified atom stereocenters. The molecule has 1 atom stereocenters. The van der Waals surface area contributed by atoms with Crippen molar-refractivity contribution in [3.63, 3.8) is 0 Å². The first kappa shape index (κ1) is 19.8. The Hall–Kier alpha value is -1.92. The van der Waals surface area contributed by atoms with Crippen molar-refractivity contribution in [2.45, 2.75) is 6.42 Å². The molecule has 3 rings (SSSR count). The first-order valence-electron chi connectivity index (χ1n) is 9.05. The smallest absolute Gasteiger partial charge is 0.201 e. The minimum atomic E-state index is -3.37. The summed E-state index contributed by atoms with van der Waals surface area (Å²) in [4.78, 5) is 10.5. The molecule has 140 valence electrons. The van der Waals surface area contributed by atoms with E-state index in [1.54, 1.807) is 0 Å². The van der Waals surface area contributed by atoms with Crippen molar-refractivity contribution in [2.24, 2.45) is 0 Å². The molecule has 1 N–H and O–H groups in total. The topological polar surface area (TPSA) is 54.4 Å². The lowest BCUT2D eigenvalue weighted by molar-refractivity contribution is 0.478. The lowest BCUT2D eigenvalue weighted by Gasteiger charge is -2.21. The summed E-state index contributed by atoms with van der Waals surface area (Å²) in [7, 11) is -6.32. The van der Waals surface area contributed by atoms with Gasteiger partial charge in [0.1, 0.15) is 7.14 Å². The molecule has 0 radical (unpaired) electrons. The molecule has 0 amide bonds. The molecule has 0 spiro atoms. The first-order chi connectivity index (χ1) is 13.0. The SMILES string of the molecule is O=P(O)(CCc1ccccc1)CCP(=O)(c1ccccc1)c1ccccc1. The monoisotopic (exact) mass is 398 g/mol. The summed E-state index contributed by atoms with van der Waals surface area (Å²) in [5, 5.41) is 1.47. The van der Waals surface area contributed by atoms with Crippen molar-refractivity contribution >= 4 is 25.1 Å². The summed E-state index contributed by atoms with van der Waals surface area (Å²) >= 11 is 0. The van der Waals surface area contributed by atoms with Crippen LogP contribution in [-0.4, -0.2) is 23.4 Å². The minimum Gasteiger partial charge on any atom is -0.344 e. The van der Waals surface area contributed by atoms with Crippen LogP contribution in [-0.2, 0) is 15.6 Å². The highest BCUT2D eigenvalue weighted by Crippen LogP contribution is 2.49. The molecule has 5 heteroatoms. The van der Waals surface area contributed by atoms with E-state index in [4.69, 9.17) is 0 Å². The zero-order chi connectivity index (χ0) is 19.2. The lowest BCUT2D eigenvalue weighted by Crippen LogP contribution is -2.20. The van der Waals surface area contributed by atoms with Crippen LogP contribution in [0.25, 0.3) is 0 Å². The molecule has 0 aliphatic carbocycles. The largest absolute Gasteiger partial charge is 0.344 e. The predicted octanol–water partition coefficient (Wildman–Crippen LogP) is 4.51. The van der Waals surface area contributed by atoms with Crippen LogP contribution in [0.2, 0.25) is 0 Å². The molecule has 0 bridgehead atoms. The summed E-state index contributed by atoms with van der Waals surface area (Å²) in [5.74, 6) is 0. The quantitative estimate of drug-likeness (QED) is 0.568. The third kappa shape index (κ3) is 5.30. The molecule has 0 aromatic heterocycles. The van der Waals surface area contributed by atoms with E-state index in [0.29, 0.717) is 6.42 Å². The van der Waals surface area contributed by atoms with Crippen molar-refractivity contribution in [1.29, 1.82) is 0 Å². The second-order valence-electron chi connectivity index (χ2n) is 6.66. The fourth-order valence-corrected chi connectivity index (χ4v) is 8.43. The Balaban J connectivity index is 1.77. The van der Waals surface area contributed by atoms with Gasteiger partial charge in [-0.1, -0.05) is 91.0 Å². The third-order valence-corrected chi connectivity index (χ3v) is 10.0. The second-order valence-corrected chi connectivity index (χ2v) is 12.2. The Bertz CT molecular complexity index is 898. The Morgan fingerprint density at radius 2 is 1.04 bits per heavy atom. The van der Waals surface area contributed by atoms with Crippen LogP contribution in [0, 0.1) is 0 Å². The van der Waals surface area contributed by atoms with Gasteiger partial charge in [0.15, 0.2) is 0 Å². The van der Waals surface area contributed by atoms with Gasteiger partial charge < -0.3 is 9.46 Å². The van der Waals surface area contributed by atoms with E-state index in [1.165, 1.54) is 0 Å². The molecule has 27 heavy (non-hydrogen) atoms. The van der Waals surface area contributed by atoms with Crippen molar-refractivity contribution in [3.8, 4) is 0 Å². The molecule has 0 fully saturated rings. The second kappa shape index (κ2) is 8.85. The van der Waals surface area contributed by atoms with Crippen LogP contribution >= 0.6 is 14.5 Å². The molecule has 3 aromatic carbocycles. The van der Waals surface area contributed by atoms with Crippen molar-refractivity contribution in [3.05, 3.63) is 96.6 Å². The Kier molecular flexibility index (Phi) is 6.50. The minimum absolute atomic E-state index is 0.0564. The standard InChI is InChI=1S/C22H24O3P2/c23-26(24,17-16-20-10-4-1-5-11-20)18-19-27(25,21-12-6-2-7-13-21)22-14-8-3-9-15-22/h1-15H,16-19H2,(H,23,24). The van der Waals surface area contributed by atoms with Gasteiger partial charge in [-0.3, -0.25) is 4.57 Å². The highest BCUT2D eigenvalue weighted by atomic mass is 31.2. The molecule has 0 saturated heterocycles. The van der Waals surface area contributed by atoms with Gasteiger partial charge in [0.05, 0.1) is 0 Å². The number of benzene rings is 3. The van der Waals surface area contributed by atoms with Crippen LogP contribution < -0.4 is 10.6 Å². The predicted molar refractivity (Wildman–Crippen MR) is 114 cm³/mol. The van der Waals surface area contributed by atoms with Gasteiger partial charge in [0.25, 0.3) is 0 Å². The summed E-state index contributed by atoms with van der Waals surface area (Å²) in [5.41, 5.74) is 1.04. The van der Waals surface area contributed by atoms with E-state index in [9.17, 15) is 14.0 Å². The van der Waals surface area contributed by atoms with E-state index in [2.05, 4.69) is 0 Å². The maximum Gasteiger partial charge on any atom is 0.201 e. The number of rotatable bonds is 8. The van der Waals surface area contributed by atoms with Gasteiger partial charge >= 0.3 is 0 Å². The molecular formula is C22H24O3P2. The van der Waals surface area contributed by atoms with Crippen LogP contribution in [0.1, 0.15) is 5.56 Å². The summed E-state index contributed by atoms with van der Waals surface area (Å²) in [6.07, 6.45) is 1.01. The number of hydrogen-bond donors (Lipinski definition) is 1. The van der Waals surface area contributed by atoms with Crippen LogP contribution in [0.15, 0.2) is 91.0 Å². The zero-order valence-electron chi connectivity index (χ0n) is 15.1. The fraction of sp³-hybridized carbons (Fsp3) is 0.182. The molecule has 0 saturated carbocycles. The molecule has 3 aromatic rings. The van der Waals surface area contributed by atoms with E-state index >= 15 is 0 Å². The molecular weight excluding hydrogens is 374 g/mol. The summed E-state index contributed by atoms with van der Waals surface area (Å²) in [6.45, 7) is 0. The first-order valence-corrected chi connectivity index (χ1v) is 13.0. The molecule has 0 aliphatic heterocycles. The maximum atomic E-state index is 13.9. The van der Waals surface area contributed by atoms with Crippen LogP contribution in [0.4, 0.5) is 0 Å². The van der Waals surface area contributed by atoms with Gasteiger partial charge in [0, 0.05) is 29.1 Å². The highest BCUT2D eigenvalue weighted by Gasteiger charge is 2.30. The fourth-order valence-electron chi connectivity index (χ4n) is 3.10. The van der Waals surface area contributed by atoms with Gasteiger partial charge in [-0.15, -0.1) is 0 Å². The van der Waals surface area contributed by atoms with Gasteiger partial charge in [-0.2, -0.15) is 0 Å². The summed E-state index contributed by atoms with van der Waals surface area (Å²) in [6, 6.07) is 28.3. The van der Waals surface area contributed by atoms with E-state index in [0.717, 1.165) is 16.2 Å². The van der Waals surface area contributed by atoms with Gasteiger partial charge in [-0.25, -0.2) is 0 Å². The molecule has 0 heterocycles. The van der Waals surface area contributed by atoms with E-state index in [-0.39, 0.29) is 18.5 Å². The number of aryl methyl sites for hydroxylation is 1. The maximum absolute atomic E-state index is 13.9. The van der Waals surface area contributed by atoms with Crippen molar-refractivity contribution in [1.82, 2.24) is 0 Å². The van der Waals surface area contributed by atoms with Gasteiger partial charge in [0.2, 0.25) is 7.37 Å². The average Bonchev–Trinajstić information content (AvgIpc) is 2.73. The molecule has 3 nitrogen and oxygen atoms in total. The van der Waals surface area contributed by atoms with E-state index in [1.807, 2.05) is 91.0 Å². The van der Waals surface area contributed by atoms with Gasteiger partial charge in [-0.05, 0) is 12.0 Å². The summed E-state index contributed by atoms with van der Waals surface area (Å²) < 4.78 is 26.6. The molecule has 0 aliphatic rings. The van der Waals surface area contributed by atoms with E-state index < -0.39 is 14.5 Å². The highest BCUT2D eigenvalue weighted by molar-refractivity contribution is 7.79. The van der Waals surface area contributed by atoms with Crippen LogP contribution in [0.5, 0.6) is 0 Å². The Morgan fingerprint density at radius 3 is 1.52 bits per heavy atom. The Morgan fingerprint density at radius 1 is 0.593 bits per heavy atom. The lowest BCUT2D eigenvalue weighted by atomic mass is 10.2. The zero-order valence-corrected chi connectivity index (χ0v) is 16.9. The average molecular weight is 398 g/mol. The van der Waals surface area contributed by atoms with Crippen molar-refractivity contribution < 1.29 is 14.0 Å². The number of hydrogen-bond acceptors (Lipinski definition) is 2. The Labute approximate surface area is 160 Å². The normalized spacial score (nSPS) is 13.8. The third-order valence-electron chi connectivity index (χ3n) is 4.70. The van der Waals surface area contributed by atoms with Crippen LogP contribution in [0.3, 0.4) is 0 Å².